The van der Waals surface area contributed by atoms with E-state index < -0.39 is 51.9 Å². The average Bonchev–Trinajstić information content (AvgIpc) is 2.72. The second kappa shape index (κ2) is 5.02. The van der Waals surface area contributed by atoms with Crippen LogP contribution in [0.3, 0.4) is 0 Å². The minimum Gasteiger partial charge on any atom is -0.392 e. The maximum Gasteiger partial charge on any atom is 0.104 e. The highest BCUT2D eigenvalue weighted by molar-refractivity contribution is 5.25. The van der Waals surface area contributed by atoms with Gasteiger partial charge in [0.1, 0.15) is 5.60 Å². The number of aliphatic hydroxyl groups is 6. The first-order valence-electron chi connectivity index (χ1n) is 9.94. The van der Waals surface area contributed by atoms with Gasteiger partial charge in [-0.15, -0.1) is 0 Å². The third kappa shape index (κ3) is 1.89. The molecule has 4 fully saturated rings. The zero-order chi connectivity index (χ0) is 19.5. The maximum absolute atomic E-state index is 11.7. The van der Waals surface area contributed by atoms with Crippen LogP contribution in [0.4, 0.5) is 0 Å². The van der Waals surface area contributed by atoms with Crippen molar-refractivity contribution in [2.75, 3.05) is 0 Å². The lowest BCUT2D eigenvalue weighted by Gasteiger charge is -2.51. The molecule has 4 aliphatic rings. The summed E-state index contributed by atoms with van der Waals surface area (Å²) in [4.78, 5) is 0. The Bertz CT molecular complexity index is 615. The largest absolute Gasteiger partial charge is 0.392 e. The Morgan fingerprint density at radius 2 is 1.42 bits per heavy atom. The molecule has 4 saturated carbocycles. The monoisotopic (exact) mass is 370 g/mol. The van der Waals surface area contributed by atoms with Crippen LogP contribution in [0.15, 0.2) is 0 Å². The fraction of sp³-hybridized carbons (Fsp3) is 1.00. The van der Waals surface area contributed by atoms with Crippen LogP contribution in [0.5, 0.6) is 0 Å². The van der Waals surface area contributed by atoms with E-state index in [1.807, 2.05) is 0 Å². The predicted molar refractivity (Wildman–Crippen MR) is 94.0 cm³/mol. The van der Waals surface area contributed by atoms with Gasteiger partial charge in [-0.25, -0.2) is 0 Å². The molecule has 0 heterocycles. The highest BCUT2D eigenvalue weighted by Gasteiger charge is 2.76. The van der Waals surface area contributed by atoms with E-state index in [9.17, 15) is 30.6 Å². The first-order valence-corrected chi connectivity index (χ1v) is 9.94. The van der Waals surface area contributed by atoms with Gasteiger partial charge in [0.05, 0.1) is 29.5 Å². The Labute approximate surface area is 154 Å². The average molecular weight is 370 g/mol. The first kappa shape index (κ1) is 19.1. The molecule has 26 heavy (non-hydrogen) atoms. The quantitative estimate of drug-likeness (QED) is 0.361. The maximum atomic E-state index is 11.7. The first-order chi connectivity index (χ1) is 11.7. The van der Waals surface area contributed by atoms with Crippen molar-refractivity contribution in [1.29, 1.82) is 0 Å². The summed E-state index contributed by atoms with van der Waals surface area (Å²) < 4.78 is 0. The molecule has 1 spiro atoms. The van der Waals surface area contributed by atoms with E-state index >= 15 is 0 Å². The van der Waals surface area contributed by atoms with Crippen LogP contribution in [-0.4, -0.2) is 65.8 Å². The summed E-state index contributed by atoms with van der Waals surface area (Å²) in [6.07, 6.45) is -1.01. The van der Waals surface area contributed by atoms with E-state index in [0.717, 1.165) is 0 Å². The second-order valence-corrected chi connectivity index (χ2v) is 10.7. The molecule has 4 aliphatic carbocycles. The van der Waals surface area contributed by atoms with Crippen LogP contribution in [0.25, 0.3) is 0 Å². The zero-order valence-electron chi connectivity index (χ0n) is 16.2. The standard InChI is InChI=1S/C20H34O6/c1-16(2)13(21)7-12-18(4,25)11-6-5-10-15(23)19(11,9-17(10,3)24)8-14(22)20(12,16)26/h10-15,21-26H,5-9H2,1-4H3/t10?,11-,12-,13-,14-,15?,17+,18+,19?,20?/m0/s1. The Morgan fingerprint density at radius 3 is 2.04 bits per heavy atom. The highest BCUT2D eigenvalue weighted by Crippen LogP contribution is 2.69. The van der Waals surface area contributed by atoms with Gasteiger partial charge in [-0.2, -0.15) is 0 Å². The molecule has 0 saturated heterocycles. The normalized spacial score (nSPS) is 63.9. The van der Waals surface area contributed by atoms with Crippen molar-refractivity contribution in [3.05, 3.63) is 0 Å². The summed E-state index contributed by atoms with van der Waals surface area (Å²) in [6, 6.07) is 0. The van der Waals surface area contributed by atoms with Gasteiger partial charge in [0, 0.05) is 22.7 Å². The molecule has 6 nitrogen and oxygen atoms in total. The van der Waals surface area contributed by atoms with E-state index in [4.69, 9.17) is 0 Å². The van der Waals surface area contributed by atoms with Gasteiger partial charge in [0.15, 0.2) is 0 Å². The van der Waals surface area contributed by atoms with E-state index in [-0.39, 0.29) is 24.7 Å². The number of aliphatic hydroxyl groups excluding tert-OH is 3. The summed E-state index contributed by atoms with van der Waals surface area (Å²) >= 11 is 0. The van der Waals surface area contributed by atoms with E-state index in [1.54, 1.807) is 27.7 Å². The molecule has 4 rings (SSSR count). The van der Waals surface area contributed by atoms with Gasteiger partial charge in [-0.05, 0) is 51.9 Å². The smallest absolute Gasteiger partial charge is 0.104 e. The molecule has 4 unspecified atom stereocenters. The number of hydrogen-bond donors (Lipinski definition) is 6. The highest BCUT2D eigenvalue weighted by atomic mass is 16.4. The van der Waals surface area contributed by atoms with Crippen molar-refractivity contribution >= 4 is 0 Å². The van der Waals surface area contributed by atoms with Gasteiger partial charge < -0.3 is 30.6 Å². The van der Waals surface area contributed by atoms with Crippen molar-refractivity contribution < 1.29 is 30.6 Å². The SMILES string of the molecule is CC1(C)[C@@H](O)C[C@@H]2C1(O)[C@@H](O)CC13C[C@@](C)(O)C(CC[C@H]1[C@@]2(C)O)C3O. The van der Waals surface area contributed by atoms with E-state index in [1.165, 1.54) is 0 Å². The molecule has 6 heteroatoms. The molecule has 0 aliphatic heterocycles. The summed E-state index contributed by atoms with van der Waals surface area (Å²) in [5, 5.41) is 67.1. The zero-order valence-corrected chi connectivity index (χ0v) is 16.2. The third-order valence-corrected chi connectivity index (χ3v) is 9.26. The van der Waals surface area contributed by atoms with Gasteiger partial charge in [0.25, 0.3) is 0 Å². The fourth-order valence-electron chi connectivity index (χ4n) is 7.80. The van der Waals surface area contributed by atoms with Crippen molar-refractivity contribution in [1.82, 2.24) is 0 Å². The Kier molecular flexibility index (Phi) is 3.69. The third-order valence-electron chi connectivity index (χ3n) is 9.26. The lowest BCUT2D eigenvalue weighted by molar-refractivity contribution is -0.201. The number of fused-ring (bicyclic) bond motifs is 2. The van der Waals surface area contributed by atoms with Crippen LogP contribution in [0.1, 0.15) is 59.8 Å². The van der Waals surface area contributed by atoms with E-state index in [0.29, 0.717) is 19.3 Å². The lowest BCUT2D eigenvalue weighted by Crippen LogP contribution is -2.60. The topological polar surface area (TPSA) is 121 Å². The van der Waals surface area contributed by atoms with Crippen LogP contribution >= 0.6 is 0 Å². The Hall–Kier alpha value is -0.240. The molecule has 0 aromatic rings. The molecule has 0 amide bonds. The van der Waals surface area contributed by atoms with Gasteiger partial charge in [-0.3, -0.25) is 0 Å². The minimum absolute atomic E-state index is 0.116. The molecule has 0 aromatic carbocycles. The van der Waals surface area contributed by atoms with Crippen molar-refractivity contribution in [3.63, 3.8) is 0 Å². The van der Waals surface area contributed by atoms with E-state index in [2.05, 4.69) is 0 Å². The molecular formula is C20H34O6. The summed E-state index contributed by atoms with van der Waals surface area (Å²) in [7, 11) is 0. The van der Waals surface area contributed by atoms with Crippen molar-refractivity contribution in [2.45, 2.75) is 94.9 Å². The molecule has 2 bridgehead atoms. The molecule has 10 atom stereocenters. The number of hydrogen-bond acceptors (Lipinski definition) is 6. The molecule has 0 radical (unpaired) electrons. The molecular weight excluding hydrogens is 336 g/mol. The lowest BCUT2D eigenvalue weighted by atomic mass is 9.57. The summed E-state index contributed by atoms with van der Waals surface area (Å²) in [6.45, 7) is 6.87. The minimum atomic E-state index is -1.66. The van der Waals surface area contributed by atoms with Crippen molar-refractivity contribution in [2.24, 2.45) is 28.6 Å². The van der Waals surface area contributed by atoms with Crippen molar-refractivity contribution in [3.8, 4) is 0 Å². The molecule has 6 N–H and O–H groups in total. The summed E-state index contributed by atoms with van der Waals surface area (Å²) in [5.74, 6) is -1.34. The second-order valence-electron chi connectivity index (χ2n) is 10.7. The van der Waals surface area contributed by atoms with Gasteiger partial charge in [0.2, 0.25) is 0 Å². The van der Waals surface area contributed by atoms with Gasteiger partial charge >= 0.3 is 0 Å². The summed E-state index contributed by atoms with van der Waals surface area (Å²) in [5.41, 5.74) is -5.91. The Morgan fingerprint density at radius 1 is 0.808 bits per heavy atom. The van der Waals surface area contributed by atoms with Crippen LogP contribution in [0, 0.1) is 28.6 Å². The van der Waals surface area contributed by atoms with Gasteiger partial charge in [-0.1, -0.05) is 13.8 Å². The number of rotatable bonds is 0. The van der Waals surface area contributed by atoms with Crippen LogP contribution in [0.2, 0.25) is 0 Å². The molecule has 150 valence electrons. The Balaban J connectivity index is 1.89. The van der Waals surface area contributed by atoms with Crippen LogP contribution < -0.4 is 0 Å². The predicted octanol–water partition coefficient (Wildman–Crippen LogP) is 0.168. The fourth-order valence-corrected chi connectivity index (χ4v) is 7.80. The molecule has 0 aromatic heterocycles. The van der Waals surface area contributed by atoms with Crippen LogP contribution in [-0.2, 0) is 0 Å².